The van der Waals surface area contributed by atoms with E-state index in [0.29, 0.717) is 0 Å². The van der Waals surface area contributed by atoms with Crippen molar-refractivity contribution >= 4 is 6.16 Å². The van der Waals surface area contributed by atoms with Crippen LogP contribution in [0.1, 0.15) is 19.8 Å². The van der Waals surface area contributed by atoms with Gasteiger partial charge in [-0.05, 0) is 18.8 Å². The van der Waals surface area contributed by atoms with Crippen molar-refractivity contribution in [2.45, 2.75) is 19.8 Å². The van der Waals surface area contributed by atoms with Crippen LogP contribution in [0, 0.1) is 5.92 Å². The molecule has 0 saturated carbocycles. The van der Waals surface area contributed by atoms with Crippen LogP contribution in [0.25, 0.3) is 0 Å². The molecule has 0 atom stereocenters. The fraction of sp³-hybridized carbons (Fsp3) is 0.700. The van der Waals surface area contributed by atoms with E-state index in [4.69, 9.17) is 9.94 Å². The normalized spacial score (nSPS) is 18.7. The van der Waals surface area contributed by atoms with Crippen molar-refractivity contribution in [1.29, 1.82) is 0 Å². The van der Waals surface area contributed by atoms with Gasteiger partial charge in [0.15, 0.2) is 0 Å². The SMILES string of the molecule is C=C(CON1CCC(C)CC1)OC(=O)O. The first-order valence-corrected chi connectivity index (χ1v) is 5.04. The molecule has 0 aromatic carbocycles. The summed E-state index contributed by atoms with van der Waals surface area (Å²) in [5, 5.41) is 10.1. The van der Waals surface area contributed by atoms with Gasteiger partial charge in [0.25, 0.3) is 0 Å². The molecule has 1 N–H and O–H groups in total. The summed E-state index contributed by atoms with van der Waals surface area (Å²) in [6.07, 6.45) is 0.856. The molecule has 86 valence electrons. The lowest BCUT2D eigenvalue weighted by molar-refractivity contribution is -0.170. The monoisotopic (exact) mass is 215 g/mol. The lowest BCUT2D eigenvalue weighted by atomic mass is 10.0. The Morgan fingerprint density at radius 1 is 1.53 bits per heavy atom. The maximum Gasteiger partial charge on any atom is 0.511 e. The highest BCUT2D eigenvalue weighted by molar-refractivity contribution is 5.58. The number of ether oxygens (including phenoxy) is 1. The molecule has 5 heteroatoms. The summed E-state index contributed by atoms with van der Waals surface area (Å²) >= 11 is 0. The molecule has 0 aromatic heterocycles. The van der Waals surface area contributed by atoms with Gasteiger partial charge in [-0.2, -0.15) is 5.06 Å². The first-order valence-electron chi connectivity index (χ1n) is 5.04. The summed E-state index contributed by atoms with van der Waals surface area (Å²) in [5.74, 6) is 0.851. The van der Waals surface area contributed by atoms with E-state index in [1.54, 1.807) is 0 Å². The lowest BCUT2D eigenvalue weighted by Crippen LogP contribution is -2.33. The smallest absolute Gasteiger partial charge is 0.449 e. The van der Waals surface area contributed by atoms with Gasteiger partial charge in [-0.25, -0.2) is 4.79 Å². The van der Waals surface area contributed by atoms with Crippen molar-refractivity contribution in [1.82, 2.24) is 5.06 Å². The second-order valence-corrected chi connectivity index (χ2v) is 3.79. The van der Waals surface area contributed by atoms with Crippen LogP contribution in [0.4, 0.5) is 4.79 Å². The Bertz CT molecular complexity index is 234. The molecule has 1 fully saturated rings. The van der Waals surface area contributed by atoms with Gasteiger partial charge >= 0.3 is 6.16 Å². The molecule has 0 radical (unpaired) electrons. The third kappa shape index (κ3) is 4.80. The van der Waals surface area contributed by atoms with Crippen LogP contribution in [-0.2, 0) is 9.57 Å². The predicted molar refractivity (Wildman–Crippen MR) is 54.2 cm³/mol. The fourth-order valence-electron chi connectivity index (χ4n) is 1.43. The van der Waals surface area contributed by atoms with E-state index < -0.39 is 6.16 Å². The van der Waals surface area contributed by atoms with E-state index in [0.717, 1.165) is 31.8 Å². The average molecular weight is 215 g/mol. The molecule has 0 aromatic rings. The Kier molecular flexibility index (Phi) is 4.58. The maximum absolute atomic E-state index is 10.2. The molecule has 0 bridgehead atoms. The topological polar surface area (TPSA) is 59.0 Å². The van der Waals surface area contributed by atoms with Gasteiger partial charge in [0, 0.05) is 13.1 Å². The van der Waals surface area contributed by atoms with Crippen LogP contribution in [-0.4, -0.2) is 36.0 Å². The Morgan fingerprint density at radius 3 is 2.67 bits per heavy atom. The summed E-state index contributed by atoms with van der Waals surface area (Å²) in [7, 11) is 0. The molecule has 5 nitrogen and oxygen atoms in total. The zero-order valence-corrected chi connectivity index (χ0v) is 8.94. The van der Waals surface area contributed by atoms with Crippen molar-refractivity contribution in [3.63, 3.8) is 0 Å². The molecule has 1 aliphatic heterocycles. The first kappa shape index (κ1) is 12.0. The van der Waals surface area contributed by atoms with Gasteiger partial charge in [0.2, 0.25) is 0 Å². The maximum atomic E-state index is 10.2. The van der Waals surface area contributed by atoms with E-state index in [2.05, 4.69) is 18.2 Å². The minimum absolute atomic E-state index is 0.0979. The number of nitrogens with zero attached hydrogens (tertiary/aromatic N) is 1. The number of hydroxylamine groups is 2. The highest BCUT2D eigenvalue weighted by atomic mass is 16.7. The van der Waals surface area contributed by atoms with Crippen LogP contribution < -0.4 is 0 Å². The zero-order chi connectivity index (χ0) is 11.3. The van der Waals surface area contributed by atoms with Crippen molar-refractivity contribution < 1.29 is 19.5 Å². The molecule has 0 aliphatic carbocycles. The van der Waals surface area contributed by atoms with Gasteiger partial charge in [-0.15, -0.1) is 0 Å². The van der Waals surface area contributed by atoms with Crippen molar-refractivity contribution in [2.75, 3.05) is 19.7 Å². The van der Waals surface area contributed by atoms with Crippen LogP contribution in [0.2, 0.25) is 0 Å². The minimum Gasteiger partial charge on any atom is -0.449 e. The third-order valence-electron chi connectivity index (χ3n) is 2.38. The van der Waals surface area contributed by atoms with Crippen molar-refractivity contribution in [2.24, 2.45) is 5.92 Å². The van der Waals surface area contributed by atoms with E-state index in [1.807, 2.05) is 5.06 Å². The molecule has 15 heavy (non-hydrogen) atoms. The number of hydrogen-bond acceptors (Lipinski definition) is 4. The highest BCUT2D eigenvalue weighted by Crippen LogP contribution is 2.16. The predicted octanol–water partition coefficient (Wildman–Crippen LogP) is 1.86. The van der Waals surface area contributed by atoms with Crippen LogP contribution in [0.5, 0.6) is 0 Å². The molecular formula is C10H17NO4. The molecule has 1 saturated heterocycles. The summed E-state index contributed by atoms with van der Waals surface area (Å²) in [6, 6.07) is 0. The largest absolute Gasteiger partial charge is 0.511 e. The molecule has 1 rings (SSSR count). The molecule has 0 unspecified atom stereocenters. The number of carboxylic acid groups (broad SMARTS) is 1. The van der Waals surface area contributed by atoms with E-state index >= 15 is 0 Å². The zero-order valence-electron chi connectivity index (χ0n) is 8.94. The minimum atomic E-state index is -1.35. The molecule has 1 heterocycles. The number of rotatable bonds is 4. The summed E-state index contributed by atoms with van der Waals surface area (Å²) in [5.41, 5.74) is 0. The van der Waals surface area contributed by atoms with Gasteiger partial charge in [0.1, 0.15) is 12.4 Å². The number of piperidine rings is 1. The van der Waals surface area contributed by atoms with Crippen molar-refractivity contribution in [3.05, 3.63) is 12.3 Å². The fourth-order valence-corrected chi connectivity index (χ4v) is 1.43. The average Bonchev–Trinajstić information content (AvgIpc) is 2.16. The van der Waals surface area contributed by atoms with E-state index in [9.17, 15) is 4.79 Å². The summed E-state index contributed by atoms with van der Waals surface area (Å²) < 4.78 is 4.33. The number of hydrogen-bond donors (Lipinski definition) is 1. The van der Waals surface area contributed by atoms with Gasteiger partial charge < -0.3 is 9.84 Å². The van der Waals surface area contributed by atoms with Crippen LogP contribution >= 0.6 is 0 Å². The van der Waals surface area contributed by atoms with Gasteiger partial charge in [-0.1, -0.05) is 13.5 Å². The second-order valence-electron chi connectivity index (χ2n) is 3.79. The molecule has 1 aliphatic rings. The van der Waals surface area contributed by atoms with E-state index in [1.165, 1.54) is 0 Å². The van der Waals surface area contributed by atoms with Gasteiger partial charge in [0.05, 0.1) is 0 Å². The number of carbonyl (C=O) groups is 1. The summed E-state index contributed by atoms with van der Waals surface area (Å²) in [4.78, 5) is 15.5. The standard InChI is InChI=1S/C10H17NO4/c1-8-3-5-11(6-4-8)14-7-9(2)15-10(12)13/h8H,2-7H2,1H3,(H,12,13). The van der Waals surface area contributed by atoms with Crippen LogP contribution in [0.15, 0.2) is 12.3 Å². The molecular weight excluding hydrogens is 198 g/mol. The lowest BCUT2D eigenvalue weighted by Gasteiger charge is -2.29. The Labute approximate surface area is 89.2 Å². The summed E-state index contributed by atoms with van der Waals surface area (Å²) in [6.45, 7) is 7.50. The quantitative estimate of drug-likeness (QED) is 0.573. The third-order valence-corrected chi connectivity index (χ3v) is 2.38. The highest BCUT2D eigenvalue weighted by Gasteiger charge is 2.16. The van der Waals surface area contributed by atoms with Crippen molar-refractivity contribution in [3.8, 4) is 0 Å². The molecule has 0 spiro atoms. The molecule has 0 amide bonds. The second kappa shape index (κ2) is 5.72. The van der Waals surface area contributed by atoms with E-state index in [-0.39, 0.29) is 12.4 Å². The Hall–Kier alpha value is -1.07. The first-order chi connectivity index (χ1) is 7.08. The Balaban J connectivity index is 2.14. The van der Waals surface area contributed by atoms with Gasteiger partial charge in [-0.3, -0.25) is 4.84 Å². The Morgan fingerprint density at radius 2 is 2.13 bits per heavy atom. The van der Waals surface area contributed by atoms with Crippen LogP contribution in [0.3, 0.4) is 0 Å².